The molecular formula is C20H22N8O2. The zero-order valence-corrected chi connectivity index (χ0v) is 17.3. The van der Waals surface area contributed by atoms with Crippen molar-refractivity contribution in [2.45, 2.75) is 33.7 Å². The summed E-state index contributed by atoms with van der Waals surface area (Å²) in [7, 11) is 1.58. The number of nitrogens with zero attached hydrogens (tertiary/aromatic N) is 7. The lowest BCUT2D eigenvalue weighted by Crippen LogP contribution is -2.07. The number of hydrogen-bond acceptors (Lipinski definition) is 8. The molecule has 10 nitrogen and oxygen atoms in total. The minimum atomic E-state index is 0.443. The second-order valence-electron chi connectivity index (χ2n) is 7.25. The summed E-state index contributed by atoms with van der Waals surface area (Å²) in [6.45, 7) is 7.14. The highest BCUT2D eigenvalue weighted by molar-refractivity contribution is 5.81. The molecule has 0 radical (unpaired) electrons. The van der Waals surface area contributed by atoms with E-state index in [4.69, 9.17) is 14.5 Å². The normalized spacial score (nSPS) is 13.5. The van der Waals surface area contributed by atoms with E-state index in [1.165, 1.54) is 0 Å². The van der Waals surface area contributed by atoms with E-state index in [9.17, 15) is 0 Å². The van der Waals surface area contributed by atoms with Crippen LogP contribution < -0.4 is 14.8 Å². The maximum absolute atomic E-state index is 6.04. The van der Waals surface area contributed by atoms with Gasteiger partial charge in [0.05, 0.1) is 25.6 Å². The lowest BCUT2D eigenvalue weighted by molar-refractivity contribution is 0.291. The lowest BCUT2D eigenvalue weighted by atomic mass is 10.3. The molecule has 0 saturated carbocycles. The number of methoxy groups -OCH3 is 1. The highest BCUT2D eigenvalue weighted by Crippen LogP contribution is 2.34. The molecule has 1 aliphatic heterocycles. The average molecular weight is 406 g/mol. The van der Waals surface area contributed by atoms with Gasteiger partial charge < -0.3 is 19.4 Å². The van der Waals surface area contributed by atoms with Gasteiger partial charge in [0.15, 0.2) is 0 Å². The molecule has 1 N–H and O–H groups in total. The first-order chi connectivity index (χ1) is 14.5. The number of rotatable bonds is 2. The predicted molar refractivity (Wildman–Crippen MR) is 111 cm³/mol. The fraction of sp³-hybridized carbons (Fsp3) is 0.350. The van der Waals surface area contributed by atoms with Crippen molar-refractivity contribution in [1.82, 2.24) is 34.3 Å². The van der Waals surface area contributed by atoms with E-state index in [-0.39, 0.29) is 0 Å². The zero-order chi connectivity index (χ0) is 20.8. The van der Waals surface area contributed by atoms with Gasteiger partial charge in [-0.25, -0.2) is 14.6 Å². The zero-order valence-electron chi connectivity index (χ0n) is 17.3. The molecule has 0 saturated heterocycles. The van der Waals surface area contributed by atoms with Crippen LogP contribution in [0, 0.1) is 20.8 Å². The van der Waals surface area contributed by atoms with Crippen molar-refractivity contribution in [3.8, 4) is 17.4 Å². The van der Waals surface area contributed by atoms with Crippen LogP contribution in [0.5, 0.6) is 11.8 Å². The Balaban J connectivity index is 1.64. The van der Waals surface area contributed by atoms with Gasteiger partial charge in [-0.05, 0) is 32.8 Å². The number of anilines is 2. The van der Waals surface area contributed by atoms with Crippen LogP contribution in [0.4, 0.5) is 11.6 Å². The maximum atomic E-state index is 6.04. The first-order valence-corrected chi connectivity index (χ1v) is 9.75. The molecule has 5 rings (SSSR count). The van der Waals surface area contributed by atoms with Crippen LogP contribution in [0.2, 0.25) is 0 Å². The molecule has 4 aromatic rings. The third-order valence-electron chi connectivity index (χ3n) is 5.20. The van der Waals surface area contributed by atoms with Gasteiger partial charge in [-0.1, -0.05) is 0 Å². The lowest BCUT2D eigenvalue weighted by Gasteiger charge is -2.09. The standard InChI is InChI=1S/C20H22N8O2/c1-11-10-27-6-5-7-30-19-16(24-20-22-8-14(11)17(27)25-20)12(2)28(26-19)15-9-21-13(3)23-18(15)29-4/h8-10H,5-7H2,1-4H3,(H,22,24,25). The molecule has 0 aromatic carbocycles. The Kier molecular flexibility index (Phi) is 4.27. The molecule has 4 aromatic heterocycles. The van der Waals surface area contributed by atoms with Gasteiger partial charge >= 0.3 is 0 Å². The topological polar surface area (TPSA) is 105 Å². The Hall–Kier alpha value is -3.69. The smallest absolute Gasteiger partial charge is 0.257 e. The van der Waals surface area contributed by atoms with E-state index in [0.29, 0.717) is 41.5 Å². The van der Waals surface area contributed by atoms with Crippen molar-refractivity contribution in [3.05, 3.63) is 35.7 Å². The summed E-state index contributed by atoms with van der Waals surface area (Å²) in [6, 6.07) is 0. The molecule has 0 spiro atoms. The minimum Gasteiger partial charge on any atom is -0.479 e. The Labute approximate surface area is 172 Å². The molecule has 0 amide bonds. The Morgan fingerprint density at radius 3 is 2.83 bits per heavy atom. The summed E-state index contributed by atoms with van der Waals surface area (Å²) in [4.78, 5) is 17.9. The molecule has 5 heterocycles. The van der Waals surface area contributed by atoms with Crippen molar-refractivity contribution in [2.24, 2.45) is 0 Å². The number of aromatic nitrogens is 7. The monoisotopic (exact) mass is 406 g/mol. The SMILES string of the molecule is COc1nc(C)ncc1-n1nc2c(c1C)Nc1ncc3c(C)cn(c3n1)CCCO2. The quantitative estimate of drug-likeness (QED) is 0.542. The molecule has 0 aliphatic carbocycles. The van der Waals surface area contributed by atoms with Crippen LogP contribution in [0.3, 0.4) is 0 Å². The van der Waals surface area contributed by atoms with Gasteiger partial charge in [0.1, 0.15) is 22.8 Å². The third kappa shape index (κ3) is 2.92. The first-order valence-electron chi connectivity index (χ1n) is 9.75. The number of ether oxygens (including phenoxy) is 2. The van der Waals surface area contributed by atoms with E-state index in [2.05, 4.69) is 43.1 Å². The minimum absolute atomic E-state index is 0.443. The largest absolute Gasteiger partial charge is 0.479 e. The molecule has 2 bridgehead atoms. The van der Waals surface area contributed by atoms with Gasteiger partial charge in [-0.2, -0.15) is 9.97 Å². The van der Waals surface area contributed by atoms with Crippen LogP contribution in [-0.2, 0) is 6.54 Å². The number of aryl methyl sites for hydroxylation is 3. The van der Waals surface area contributed by atoms with Crippen molar-refractivity contribution >= 4 is 22.7 Å². The molecule has 154 valence electrons. The van der Waals surface area contributed by atoms with Crippen LogP contribution in [0.1, 0.15) is 23.5 Å². The van der Waals surface area contributed by atoms with E-state index in [0.717, 1.165) is 35.3 Å². The highest BCUT2D eigenvalue weighted by Gasteiger charge is 2.22. The summed E-state index contributed by atoms with van der Waals surface area (Å²) in [6.07, 6.45) is 6.47. The fourth-order valence-electron chi connectivity index (χ4n) is 3.67. The molecule has 30 heavy (non-hydrogen) atoms. The predicted octanol–water partition coefficient (Wildman–Crippen LogP) is 2.87. The highest BCUT2D eigenvalue weighted by atomic mass is 16.5. The summed E-state index contributed by atoms with van der Waals surface area (Å²) in [5, 5.41) is 9.00. The second kappa shape index (κ2) is 6.97. The molecular weight excluding hydrogens is 384 g/mol. The fourth-order valence-corrected chi connectivity index (χ4v) is 3.67. The number of nitrogens with one attached hydrogen (secondary N) is 1. The van der Waals surface area contributed by atoms with Crippen LogP contribution in [-0.4, -0.2) is 48.0 Å². The van der Waals surface area contributed by atoms with Gasteiger partial charge in [0.25, 0.3) is 5.88 Å². The second-order valence-corrected chi connectivity index (χ2v) is 7.25. The van der Waals surface area contributed by atoms with Crippen molar-refractivity contribution in [2.75, 3.05) is 19.0 Å². The van der Waals surface area contributed by atoms with Gasteiger partial charge in [-0.15, -0.1) is 5.10 Å². The molecule has 0 unspecified atom stereocenters. The Morgan fingerprint density at radius 2 is 2.00 bits per heavy atom. The molecule has 10 heteroatoms. The number of hydrogen-bond donors (Lipinski definition) is 1. The van der Waals surface area contributed by atoms with Crippen molar-refractivity contribution in [3.63, 3.8) is 0 Å². The summed E-state index contributed by atoms with van der Waals surface area (Å²) >= 11 is 0. The summed E-state index contributed by atoms with van der Waals surface area (Å²) in [5.74, 6) is 2.03. The molecule has 1 aliphatic rings. The van der Waals surface area contributed by atoms with Crippen LogP contribution in [0.25, 0.3) is 16.7 Å². The van der Waals surface area contributed by atoms with Crippen molar-refractivity contribution in [1.29, 1.82) is 0 Å². The van der Waals surface area contributed by atoms with Gasteiger partial charge in [0.2, 0.25) is 11.8 Å². The van der Waals surface area contributed by atoms with Crippen LogP contribution >= 0.6 is 0 Å². The van der Waals surface area contributed by atoms with Crippen LogP contribution in [0.15, 0.2) is 18.6 Å². The Morgan fingerprint density at radius 1 is 1.13 bits per heavy atom. The first kappa shape index (κ1) is 18.3. The molecule has 0 fully saturated rings. The van der Waals surface area contributed by atoms with E-state index in [1.807, 2.05) is 20.0 Å². The molecule has 0 atom stereocenters. The van der Waals surface area contributed by atoms with E-state index in [1.54, 1.807) is 18.0 Å². The third-order valence-corrected chi connectivity index (χ3v) is 5.20. The summed E-state index contributed by atoms with van der Waals surface area (Å²) < 4.78 is 15.3. The average Bonchev–Trinajstić information content (AvgIpc) is 3.21. The summed E-state index contributed by atoms with van der Waals surface area (Å²) in [5.41, 5.74) is 4.21. The van der Waals surface area contributed by atoms with E-state index >= 15 is 0 Å². The van der Waals surface area contributed by atoms with E-state index < -0.39 is 0 Å². The maximum Gasteiger partial charge on any atom is 0.257 e. The Bertz CT molecular complexity index is 1260. The van der Waals surface area contributed by atoms with Crippen molar-refractivity contribution < 1.29 is 9.47 Å². The van der Waals surface area contributed by atoms with Gasteiger partial charge in [-0.3, -0.25) is 0 Å². The number of fused-ring (bicyclic) bond motifs is 2. The van der Waals surface area contributed by atoms with Gasteiger partial charge in [0, 0.05) is 24.3 Å².